The molecule has 0 amide bonds. The Morgan fingerprint density at radius 2 is 2.20 bits per heavy atom. The van der Waals surface area contributed by atoms with Crippen LogP contribution >= 0.6 is 0 Å². The number of likely N-dealkylation sites (N-methyl/N-ethyl adjacent to an activating group) is 1. The van der Waals surface area contributed by atoms with E-state index in [0.29, 0.717) is 0 Å². The fourth-order valence-corrected chi connectivity index (χ4v) is 1.86. The Balaban J connectivity index is 2.31. The van der Waals surface area contributed by atoms with Gasteiger partial charge >= 0.3 is 0 Å². The summed E-state index contributed by atoms with van der Waals surface area (Å²) in [4.78, 5) is 2.49. The van der Waals surface area contributed by atoms with E-state index < -0.39 is 0 Å². The largest absolute Gasteiger partial charge is 0.301 e. The Morgan fingerprint density at radius 1 is 1.47 bits per heavy atom. The first-order valence-electron chi connectivity index (χ1n) is 6.18. The zero-order chi connectivity index (χ0) is 11.1. The van der Waals surface area contributed by atoms with E-state index in [-0.39, 0.29) is 6.04 Å². The summed E-state index contributed by atoms with van der Waals surface area (Å²) in [5, 5.41) is 12.2. The topological polar surface area (TPSA) is 39.1 Å². The molecule has 1 fully saturated rings. The maximum Gasteiger partial charge on any atom is 0.108 e. The van der Waals surface area contributed by atoms with Gasteiger partial charge in [-0.25, -0.2) is 0 Å². The minimum atomic E-state index is 0.00690. The van der Waals surface area contributed by atoms with Crippen LogP contribution in [0, 0.1) is 11.3 Å². The SMILES string of the molecule is CCCCN(CC(C#N)NCC)C1CC1. The predicted molar refractivity (Wildman–Crippen MR) is 62.6 cm³/mol. The third kappa shape index (κ3) is 4.63. The van der Waals surface area contributed by atoms with Crippen molar-refractivity contribution >= 4 is 0 Å². The minimum Gasteiger partial charge on any atom is -0.301 e. The molecule has 1 saturated carbocycles. The molecule has 0 aliphatic heterocycles. The Hall–Kier alpha value is -0.590. The van der Waals surface area contributed by atoms with E-state index in [1.54, 1.807) is 0 Å². The molecule has 0 bridgehead atoms. The van der Waals surface area contributed by atoms with Crippen molar-refractivity contribution in [2.24, 2.45) is 0 Å². The monoisotopic (exact) mass is 209 g/mol. The second-order valence-corrected chi connectivity index (χ2v) is 4.32. The van der Waals surface area contributed by atoms with Gasteiger partial charge in [0.1, 0.15) is 6.04 Å². The van der Waals surface area contributed by atoms with Crippen LogP contribution in [-0.4, -0.2) is 36.6 Å². The molecule has 1 unspecified atom stereocenters. The van der Waals surface area contributed by atoms with Crippen LogP contribution in [0.4, 0.5) is 0 Å². The Labute approximate surface area is 93.5 Å². The summed E-state index contributed by atoms with van der Waals surface area (Å²) in [6.45, 7) is 7.21. The number of rotatable bonds is 8. The first-order valence-corrected chi connectivity index (χ1v) is 6.18. The lowest BCUT2D eigenvalue weighted by atomic mass is 10.2. The molecule has 0 aromatic rings. The van der Waals surface area contributed by atoms with Gasteiger partial charge in [-0.15, -0.1) is 0 Å². The molecule has 0 heterocycles. The Bertz CT molecular complexity index is 205. The number of nitrogens with one attached hydrogen (secondary N) is 1. The van der Waals surface area contributed by atoms with Crippen molar-refractivity contribution in [3.05, 3.63) is 0 Å². The van der Waals surface area contributed by atoms with Gasteiger partial charge in [-0.3, -0.25) is 4.90 Å². The van der Waals surface area contributed by atoms with Crippen molar-refractivity contribution in [3.8, 4) is 6.07 Å². The van der Waals surface area contributed by atoms with Crippen molar-refractivity contribution in [3.63, 3.8) is 0 Å². The summed E-state index contributed by atoms with van der Waals surface area (Å²) in [7, 11) is 0. The van der Waals surface area contributed by atoms with Gasteiger partial charge in [-0.1, -0.05) is 20.3 Å². The Kier molecular flexibility index (Phi) is 5.67. The average molecular weight is 209 g/mol. The van der Waals surface area contributed by atoms with Gasteiger partial charge in [-0.2, -0.15) is 5.26 Å². The molecule has 15 heavy (non-hydrogen) atoms. The highest BCUT2D eigenvalue weighted by atomic mass is 15.2. The van der Waals surface area contributed by atoms with Crippen molar-refractivity contribution in [2.45, 2.75) is 51.6 Å². The zero-order valence-electron chi connectivity index (χ0n) is 10.00. The second kappa shape index (κ2) is 6.81. The molecule has 1 aliphatic carbocycles. The minimum absolute atomic E-state index is 0.00690. The molecule has 0 aromatic heterocycles. The van der Waals surface area contributed by atoms with E-state index >= 15 is 0 Å². The second-order valence-electron chi connectivity index (χ2n) is 4.32. The van der Waals surface area contributed by atoms with E-state index in [9.17, 15) is 0 Å². The summed E-state index contributed by atoms with van der Waals surface area (Å²) < 4.78 is 0. The highest BCUT2D eigenvalue weighted by Gasteiger charge is 2.29. The van der Waals surface area contributed by atoms with Crippen LogP contribution in [0.2, 0.25) is 0 Å². The van der Waals surface area contributed by atoms with Crippen LogP contribution in [-0.2, 0) is 0 Å². The lowest BCUT2D eigenvalue weighted by Crippen LogP contribution is -2.41. The smallest absolute Gasteiger partial charge is 0.108 e. The summed E-state index contributed by atoms with van der Waals surface area (Å²) in [5.41, 5.74) is 0. The molecule has 86 valence electrons. The van der Waals surface area contributed by atoms with E-state index in [1.165, 1.54) is 25.7 Å². The predicted octanol–water partition coefficient (Wildman–Crippen LogP) is 1.75. The van der Waals surface area contributed by atoms with Crippen LogP contribution < -0.4 is 5.32 Å². The van der Waals surface area contributed by atoms with Crippen LogP contribution in [0.3, 0.4) is 0 Å². The maximum absolute atomic E-state index is 8.99. The lowest BCUT2D eigenvalue weighted by Gasteiger charge is -2.24. The number of hydrogen-bond donors (Lipinski definition) is 1. The molecule has 1 N–H and O–H groups in total. The van der Waals surface area contributed by atoms with Crippen molar-refractivity contribution in [2.75, 3.05) is 19.6 Å². The van der Waals surface area contributed by atoms with E-state index in [2.05, 4.69) is 30.1 Å². The van der Waals surface area contributed by atoms with E-state index in [4.69, 9.17) is 5.26 Å². The third-order valence-electron chi connectivity index (χ3n) is 2.89. The molecule has 1 rings (SSSR count). The van der Waals surface area contributed by atoms with Gasteiger partial charge in [0.05, 0.1) is 6.07 Å². The molecule has 1 aliphatic rings. The van der Waals surface area contributed by atoms with Gasteiger partial charge < -0.3 is 5.32 Å². The third-order valence-corrected chi connectivity index (χ3v) is 2.89. The van der Waals surface area contributed by atoms with Crippen molar-refractivity contribution in [1.29, 1.82) is 5.26 Å². The number of unbranched alkanes of at least 4 members (excludes halogenated alkanes) is 1. The van der Waals surface area contributed by atoms with E-state index in [1.807, 2.05) is 0 Å². The lowest BCUT2D eigenvalue weighted by molar-refractivity contribution is 0.245. The highest BCUT2D eigenvalue weighted by Crippen LogP contribution is 2.27. The van der Waals surface area contributed by atoms with Crippen LogP contribution in [0.1, 0.15) is 39.5 Å². The van der Waals surface area contributed by atoms with Crippen LogP contribution in [0.5, 0.6) is 0 Å². The molecule has 0 spiro atoms. The molecular formula is C12H23N3. The molecule has 1 atom stereocenters. The van der Waals surface area contributed by atoms with Gasteiger partial charge in [0, 0.05) is 12.6 Å². The molecule has 0 radical (unpaired) electrons. The average Bonchev–Trinajstić information content (AvgIpc) is 3.06. The fourth-order valence-electron chi connectivity index (χ4n) is 1.86. The summed E-state index contributed by atoms with van der Waals surface area (Å²) >= 11 is 0. The highest BCUT2D eigenvalue weighted by molar-refractivity contribution is 4.95. The normalized spacial score (nSPS) is 17.7. The molecule has 3 heteroatoms. The molecule has 3 nitrogen and oxygen atoms in total. The van der Waals surface area contributed by atoms with Gasteiger partial charge in [0.15, 0.2) is 0 Å². The van der Waals surface area contributed by atoms with Crippen molar-refractivity contribution < 1.29 is 0 Å². The fraction of sp³-hybridized carbons (Fsp3) is 0.917. The van der Waals surface area contributed by atoms with Crippen LogP contribution in [0.25, 0.3) is 0 Å². The standard InChI is InChI=1S/C12H23N3/c1-3-5-8-15(12-6-7-12)10-11(9-13)14-4-2/h11-12,14H,3-8,10H2,1-2H3. The zero-order valence-corrected chi connectivity index (χ0v) is 10.00. The number of nitriles is 1. The summed E-state index contributed by atoms with van der Waals surface area (Å²) in [6.07, 6.45) is 5.14. The van der Waals surface area contributed by atoms with Gasteiger partial charge in [0.25, 0.3) is 0 Å². The quantitative estimate of drug-likeness (QED) is 0.662. The van der Waals surface area contributed by atoms with Gasteiger partial charge in [0.2, 0.25) is 0 Å². The summed E-state index contributed by atoms with van der Waals surface area (Å²) in [5.74, 6) is 0. The number of hydrogen-bond acceptors (Lipinski definition) is 3. The van der Waals surface area contributed by atoms with Crippen molar-refractivity contribution in [1.82, 2.24) is 10.2 Å². The first-order chi connectivity index (χ1) is 7.31. The maximum atomic E-state index is 8.99. The number of nitrogens with zero attached hydrogens (tertiary/aromatic N) is 2. The van der Waals surface area contributed by atoms with Gasteiger partial charge in [-0.05, 0) is 32.4 Å². The first kappa shape index (κ1) is 12.5. The van der Waals surface area contributed by atoms with Crippen LogP contribution in [0.15, 0.2) is 0 Å². The molecule has 0 saturated heterocycles. The molecular weight excluding hydrogens is 186 g/mol. The summed E-state index contributed by atoms with van der Waals surface area (Å²) in [6, 6.07) is 3.12. The molecule has 0 aromatic carbocycles. The van der Waals surface area contributed by atoms with E-state index in [0.717, 1.165) is 25.7 Å². The Morgan fingerprint density at radius 3 is 2.67 bits per heavy atom.